The Morgan fingerprint density at radius 1 is 1.29 bits per heavy atom. The topological polar surface area (TPSA) is 91.5 Å². The summed E-state index contributed by atoms with van der Waals surface area (Å²) in [4.78, 5) is 4.47. The number of fused-ring (bicyclic) bond motifs is 1. The van der Waals surface area contributed by atoms with Gasteiger partial charge in [0.05, 0.1) is 41.4 Å². The molecule has 0 spiro atoms. The highest BCUT2D eigenvalue weighted by Gasteiger charge is 2.35. The van der Waals surface area contributed by atoms with Gasteiger partial charge in [0, 0.05) is 23.8 Å². The Labute approximate surface area is 227 Å². The summed E-state index contributed by atoms with van der Waals surface area (Å²) in [5, 5.41) is 26.4. The van der Waals surface area contributed by atoms with Crippen molar-refractivity contribution in [2.24, 2.45) is 5.41 Å². The fraction of sp³-hybridized carbons (Fsp3) is 0.379. The van der Waals surface area contributed by atoms with Crippen LogP contribution in [0, 0.1) is 22.6 Å². The van der Waals surface area contributed by atoms with Gasteiger partial charge in [-0.3, -0.25) is 4.98 Å². The van der Waals surface area contributed by atoms with Gasteiger partial charge in [0.1, 0.15) is 17.6 Å². The highest BCUT2D eigenvalue weighted by molar-refractivity contribution is 6.35. The molecule has 2 aromatic heterocycles. The quantitative estimate of drug-likeness (QED) is 0.241. The Hall–Kier alpha value is -3.70. The molecule has 38 heavy (non-hydrogen) atoms. The van der Waals surface area contributed by atoms with Crippen molar-refractivity contribution in [3.63, 3.8) is 0 Å². The Bertz CT molecular complexity index is 1570. The lowest BCUT2D eigenvalue weighted by Crippen LogP contribution is -2.36. The maximum atomic E-state index is 13.8. The average molecular weight is 531 g/mol. The first kappa shape index (κ1) is 23.4. The summed E-state index contributed by atoms with van der Waals surface area (Å²) in [5.41, 5.74) is 3.35. The number of anilines is 2. The summed E-state index contributed by atoms with van der Waals surface area (Å²) >= 11 is 6.73. The number of nitrogens with one attached hydrogen (secondary N) is 2. The van der Waals surface area contributed by atoms with Gasteiger partial charge in [-0.2, -0.15) is 5.26 Å². The molecule has 2 aliphatic rings. The van der Waals surface area contributed by atoms with Crippen molar-refractivity contribution in [3.8, 4) is 6.07 Å². The van der Waals surface area contributed by atoms with Gasteiger partial charge in [0.25, 0.3) is 0 Å². The number of hydrogen-bond acceptors (Lipinski definition) is 6. The zero-order chi connectivity index (χ0) is 27.2. The fourth-order valence-corrected chi connectivity index (χ4v) is 5.44. The first-order valence-electron chi connectivity index (χ1n) is 13.6. The molecule has 9 heteroatoms. The Morgan fingerprint density at radius 3 is 2.74 bits per heavy atom. The number of aromatic nitrogens is 4. The van der Waals surface area contributed by atoms with Crippen molar-refractivity contribution in [2.75, 3.05) is 17.2 Å². The van der Waals surface area contributed by atoms with E-state index in [1.54, 1.807) is 35.3 Å². The van der Waals surface area contributed by atoms with Crippen LogP contribution in [0.25, 0.3) is 10.9 Å². The van der Waals surface area contributed by atoms with E-state index in [1.165, 1.54) is 18.6 Å². The van der Waals surface area contributed by atoms with E-state index >= 15 is 0 Å². The monoisotopic (exact) mass is 530 g/mol. The summed E-state index contributed by atoms with van der Waals surface area (Å²) in [6.45, 7) is 2.97. The predicted molar refractivity (Wildman–Crippen MR) is 147 cm³/mol. The SMILES string of the molecule is [2H][C@@](Nc1cc(Cl)c2ncc(C#N)c(NCC3(CC)CCC3)c2c1)(c1ccc(F)cc1)c1cn(C2CC2)nn1. The molecule has 194 valence electrons. The van der Waals surface area contributed by atoms with E-state index in [-0.39, 0.29) is 5.41 Å². The van der Waals surface area contributed by atoms with E-state index in [1.807, 2.05) is 6.07 Å². The minimum absolute atomic E-state index is 0.230. The third-order valence-corrected chi connectivity index (χ3v) is 8.23. The summed E-state index contributed by atoms with van der Waals surface area (Å²) < 4.78 is 25.1. The molecule has 2 aliphatic carbocycles. The molecule has 6 rings (SSSR count). The van der Waals surface area contributed by atoms with Crippen LogP contribution >= 0.6 is 11.6 Å². The first-order valence-corrected chi connectivity index (χ1v) is 13.4. The van der Waals surface area contributed by atoms with Crippen molar-refractivity contribution in [1.29, 1.82) is 5.26 Å². The fourth-order valence-electron chi connectivity index (χ4n) is 5.17. The Balaban J connectivity index is 1.43. The van der Waals surface area contributed by atoms with Crippen LogP contribution in [0.2, 0.25) is 5.02 Å². The van der Waals surface area contributed by atoms with Crippen LogP contribution in [0.3, 0.4) is 0 Å². The van der Waals surface area contributed by atoms with Gasteiger partial charge in [-0.05, 0) is 67.3 Å². The zero-order valence-electron chi connectivity index (χ0n) is 22.1. The minimum atomic E-state index is -1.58. The Kier molecular flexibility index (Phi) is 6.09. The molecule has 2 heterocycles. The molecule has 1 atom stereocenters. The van der Waals surface area contributed by atoms with Gasteiger partial charge in [-0.1, -0.05) is 42.3 Å². The second kappa shape index (κ2) is 9.88. The smallest absolute Gasteiger partial charge is 0.123 e. The highest BCUT2D eigenvalue weighted by atomic mass is 35.5. The van der Waals surface area contributed by atoms with Crippen molar-refractivity contribution < 1.29 is 5.76 Å². The van der Waals surface area contributed by atoms with E-state index in [0.717, 1.165) is 38.6 Å². The molecule has 2 fully saturated rings. The minimum Gasteiger partial charge on any atom is -0.383 e. The normalized spacial score (nSPS) is 18.2. The van der Waals surface area contributed by atoms with Gasteiger partial charge in [-0.15, -0.1) is 5.10 Å². The molecule has 2 aromatic carbocycles. The molecule has 4 aromatic rings. The predicted octanol–water partition coefficient (Wildman–Crippen LogP) is 7.02. The van der Waals surface area contributed by atoms with Crippen molar-refractivity contribution >= 4 is 33.9 Å². The average Bonchev–Trinajstić information content (AvgIpc) is 3.64. The second-order valence-electron chi connectivity index (χ2n) is 10.4. The maximum Gasteiger partial charge on any atom is 0.123 e. The molecule has 2 N–H and O–H groups in total. The van der Waals surface area contributed by atoms with Crippen LogP contribution in [0.5, 0.6) is 0 Å². The molecular weight excluding hydrogens is 501 g/mol. The third-order valence-electron chi connectivity index (χ3n) is 7.94. The van der Waals surface area contributed by atoms with Gasteiger partial charge >= 0.3 is 0 Å². The number of nitriles is 1. The Morgan fingerprint density at radius 2 is 2.08 bits per heavy atom. The van der Waals surface area contributed by atoms with Crippen molar-refractivity contribution in [2.45, 2.75) is 57.5 Å². The molecule has 0 saturated heterocycles. The van der Waals surface area contributed by atoms with Crippen LogP contribution in [-0.4, -0.2) is 26.5 Å². The van der Waals surface area contributed by atoms with Gasteiger partial charge in [-0.25, -0.2) is 9.07 Å². The van der Waals surface area contributed by atoms with E-state index in [9.17, 15) is 11.0 Å². The summed E-state index contributed by atoms with van der Waals surface area (Å²) in [5.74, 6) is -0.390. The van der Waals surface area contributed by atoms with Crippen LogP contribution in [0.1, 0.15) is 75.7 Å². The van der Waals surface area contributed by atoms with Gasteiger partial charge < -0.3 is 10.6 Å². The number of nitrogens with zero attached hydrogens (tertiary/aromatic N) is 5. The lowest BCUT2D eigenvalue weighted by atomic mass is 9.67. The number of pyridine rings is 1. The van der Waals surface area contributed by atoms with E-state index in [2.05, 4.69) is 38.9 Å². The lowest BCUT2D eigenvalue weighted by Gasteiger charge is -2.41. The van der Waals surface area contributed by atoms with Gasteiger partial charge in [0.15, 0.2) is 0 Å². The second-order valence-corrected chi connectivity index (χ2v) is 10.8. The molecule has 0 unspecified atom stereocenters. The highest BCUT2D eigenvalue weighted by Crippen LogP contribution is 2.44. The van der Waals surface area contributed by atoms with Crippen LogP contribution < -0.4 is 10.6 Å². The zero-order valence-corrected chi connectivity index (χ0v) is 21.9. The van der Waals surface area contributed by atoms with Crippen LogP contribution in [-0.2, 0) is 0 Å². The first-order chi connectivity index (χ1) is 18.8. The molecule has 0 bridgehead atoms. The van der Waals surface area contributed by atoms with E-state index in [0.29, 0.717) is 50.2 Å². The van der Waals surface area contributed by atoms with Crippen molar-refractivity contribution in [1.82, 2.24) is 20.0 Å². The summed E-state index contributed by atoms with van der Waals surface area (Å²) in [6, 6.07) is 10.3. The van der Waals surface area contributed by atoms with Crippen molar-refractivity contribution in [3.05, 3.63) is 76.5 Å². The third kappa shape index (κ3) is 4.67. The number of halogens is 2. The number of hydrogen-bond donors (Lipinski definition) is 2. The maximum absolute atomic E-state index is 13.8. The largest absolute Gasteiger partial charge is 0.383 e. The summed E-state index contributed by atoms with van der Waals surface area (Å²) in [7, 11) is 0. The molecule has 7 nitrogen and oxygen atoms in total. The number of rotatable bonds is 9. The molecule has 0 amide bonds. The molecule has 0 aliphatic heterocycles. The molecular formula is C29H29ClFN7. The lowest BCUT2D eigenvalue weighted by molar-refractivity contribution is 0.145. The molecule has 2 saturated carbocycles. The van der Waals surface area contributed by atoms with Gasteiger partial charge in [0.2, 0.25) is 0 Å². The van der Waals surface area contributed by atoms with E-state index < -0.39 is 11.8 Å². The molecule has 0 radical (unpaired) electrons. The summed E-state index contributed by atoms with van der Waals surface area (Å²) in [6.07, 6.45) is 9.99. The van der Waals surface area contributed by atoms with Crippen LogP contribution in [0.15, 0.2) is 48.8 Å². The number of benzene rings is 2. The van der Waals surface area contributed by atoms with E-state index in [4.69, 9.17) is 11.6 Å². The van der Waals surface area contributed by atoms with Crippen LogP contribution in [0.4, 0.5) is 15.8 Å². The standard InChI is InChI=1S/C29H29ClFN7/c1-2-29(10-3-11-29)17-34-26-19(14-32)15-33-28-23(26)12-21(13-24(28)30)35-27(18-4-6-20(31)7-5-18)25-16-38(37-36-25)22-8-9-22/h4-7,12-13,15-16,22,27,35H,2-3,8-11,17H2,1H3,(H,33,34)/t27-/m1/s1/i27D.